The molecule has 0 amide bonds. The Balaban J connectivity index is 2.15. The Morgan fingerprint density at radius 1 is 1.50 bits per heavy atom. The molecule has 0 aromatic heterocycles. The van der Waals surface area contributed by atoms with Gasteiger partial charge in [-0.05, 0) is 38.2 Å². The van der Waals surface area contributed by atoms with Gasteiger partial charge in [0.15, 0.2) is 0 Å². The molecule has 2 unspecified atom stereocenters. The molecule has 1 aliphatic rings. The predicted molar refractivity (Wildman–Crippen MR) is 57.7 cm³/mol. The van der Waals surface area contributed by atoms with Crippen LogP contribution in [-0.2, 0) is 9.53 Å². The van der Waals surface area contributed by atoms with Gasteiger partial charge in [0.1, 0.15) is 6.29 Å². The third kappa shape index (κ3) is 4.25. The summed E-state index contributed by atoms with van der Waals surface area (Å²) in [6.07, 6.45) is 9.57. The molecular formula is C11H17ClO2. The number of hydrogen-bond donors (Lipinski definition) is 0. The fourth-order valence-electron chi connectivity index (χ4n) is 1.64. The van der Waals surface area contributed by atoms with E-state index >= 15 is 0 Å². The van der Waals surface area contributed by atoms with Crippen LogP contribution in [-0.4, -0.2) is 24.4 Å². The van der Waals surface area contributed by atoms with Gasteiger partial charge >= 0.3 is 0 Å². The predicted octanol–water partition coefficient (Wildman–Crippen LogP) is 2.70. The summed E-state index contributed by atoms with van der Waals surface area (Å²) >= 11 is 6.19. The van der Waals surface area contributed by atoms with Gasteiger partial charge in [-0.15, -0.1) is 11.6 Å². The van der Waals surface area contributed by atoms with Crippen LogP contribution in [0.15, 0.2) is 12.2 Å². The van der Waals surface area contributed by atoms with Crippen LogP contribution in [0.1, 0.15) is 32.1 Å². The first-order chi connectivity index (χ1) is 6.84. The molecule has 0 radical (unpaired) electrons. The van der Waals surface area contributed by atoms with Crippen molar-refractivity contribution in [2.24, 2.45) is 0 Å². The number of alkyl halides is 1. The topological polar surface area (TPSA) is 26.3 Å². The quantitative estimate of drug-likeness (QED) is 0.401. The summed E-state index contributed by atoms with van der Waals surface area (Å²) in [5, 5.41) is 0.0894. The molecule has 0 bridgehead atoms. The lowest BCUT2D eigenvalue weighted by Gasteiger charge is -2.26. The number of rotatable bonds is 5. The summed E-state index contributed by atoms with van der Waals surface area (Å²) in [6.45, 7) is 0.845. The van der Waals surface area contributed by atoms with E-state index in [0.29, 0.717) is 0 Å². The molecule has 2 atom stereocenters. The van der Waals surface area contributed by atoms with Gasteiger partial charge in [0.05, 0.1) is 11.5 Å². The summed E-state index contributed by atoms with van der Waals surface area (Å²) in [7, 11) is 0. The zero-order chi connectivity index (χ0) is 10.2. The minimum absolute atomic E-state index is 0.0894. The lowest BCUT2D eigenvalue weighted by Crippen LogP contribution is -2.28. The molecule has 2 nitrogen and oxygen atoms in total. The molecule has 14 heavy (non-hydrogen) atoms. The number of halogens is 1. The van der Waals surface area contributed by atoms with E-state index in [0.717, 1.165) is 38.6 Å². The highest BCUT2D eigenvalue weighted by Crippen LogP contribution is 2.22. The molecule has 1 fully saturated rings. The van der Waals surface area contributed by atoms with Crippen LogP contribution in [0.25, 0.3) is 0 Å². The first kappa shape index (κ1) is 11.7. The van der Waals surface area contributed by atoms with E-state index in [2.05, 4.69) is 0 Å². The lowest BCUT2D eigenvalue weighted by atomic mass is 10.0. The van der Waals surface area contributed by atoms with Crippen LogP contribution in [0.5, 0.6) is 0 Å². The highest BCUT2D eigenvalue weighted by molar-refractivity contribution is 6.21. The number of aldehydes is 1. The van der Waals surface area contributed by atoms with Crippen LogP contribution in [0.3, 0.4) is 0 Å². The van der Waals surface area contributed by atoms with Crippen molar-refractivity contribution in [1.29, 1.82) is 0 Å². The van der Waals surface area contributed by atoms with Crippen LogP contribution < -0.4 is 0 Å². The molecule has 80 valence electrons. The Hall–Kier alpha value is -0.340. The smallest absolute Gasteiger partial charge is 0.142 e. The van der Waals surface area contributed by atoms with Crippen LogP contribution in [0, 0.1) is 0 Å². The molecule has 0 aromatic carbocycles. The molecule has 1 rings (SSSR count). The summed E-state index contributed by atoms with van der Waals surface area (Å²) in [6, 6.07) is 0. The summed E-state index contributed by atoms with van der Waals surface area (Å²) in [5.41, 5.74) is 0. The molecular weight excluding hydrogens is 200 g/mol. The number of allylic oxidation sites excluding steroid dienone is 2. The second kappa shape index (κ2) is 7.02. The van der Waals surface area contributed by atoms with Gasteiger partial charge in [-0.3, -0.25) is 4.79 Å². The normalized spacial score (nSPS) is 25.1. The van der Waals surface area contributed by atoms with Gasteiger partial charge in [0.2, 0.25) is 0 Å². The van der Waals surface area contributed by atoms with Gasteiger partial charge in [-0.1, -0.05) is 6.08 Å². The average Bonchev–Trinajstić information content (AvgIpc) is 2.25. The fourth-order valence-corrected chi connectivity index (χ4v) is 1.97. The van der Waals surface area contributed by atoms with E-state index in [1.165, 1.54) is 12.5 Å². The number of hydrogen-bond acceptors (Lipinski definition) is 2. The average molecular weight is 217 g/mol. The maximum absolute atomic E-state index is 10.0. The highest BCUT2D eigenvalue weighted by Gasteiger charge is 2.21. The first-order valence-corrected chi connectivity index (χ1v) is 5.64. The molecule has 1 aliphatic heterocycles. The van der Waals surface area contributed by atoms with E-state index < -0.39 is 0 Å². The maximum atomic E-state index is 10.0. The van der Waals surface area contributed by atoms with Crippen molar-refractivity contribution in [2.45, 2.75) is 43.6 Å². The number of carbonyl (C=O) groups is 1. The zero-order valence-corrected chi connectivity index (χ0v) is 9.08. The van der Waals surface area contributed by atoms with Crippen LogP contribution in [0.4, 0.5) is 0 Å². The van der Waals surface area contributed by atoms with Crippen molar-refractivity contribution < 1.29 is 9.53 Å². The molecule has 1 heterocycles. The second-order valence-electron chi connectivity index (χ2n) is 3.56. The molecule has 0 spiro atoms. The minimum Gasteiger partial charge on any atom is -0.377 e. The van der Waals surface area contributed by atoms with E-state index in [-0.39, 0.29) is 11.5 Å². The Morgan fingerprint density at radius 2 is 2.36 bits per heavy atom. The van der Waals surface area contributed by atoms with Gasteiger partial charge < -0.3 is 4.74 Å². The van der Waals surface area contributed by atoms with Gasteiger partial charge in [-0.2, -0.15) is 0 Å². The Bertz CT molecular complexity index is 186. The van der Waals surface area contributed by atoms with Gasteiger partial charge in [0.25, 0.3) is 0 Å². The molecule has 0 N–H and O–H groups in total. The van der Waals surface area contributed by atoms with E-state index in [9.17, 15) is 4.79 Å². The van der Waals surface area contributed by atoms with E-state index in [4.69, 9.17) is 16.3 Å². The summed E-state index contributed by atoms with van der Waals surface area (Å²) in [5.74, 6) is 0. The lowest BCUT2D eigenvalue weighted by molar-refractivity contribution is -0.104. The minimum atomic E-state index is 0.0894. The molecule has 3 heteroatoms. The molecule has 0 aliphatic carbocycles. The van der Waals surface area contributed by atoms with Crippen LogP contribution >= 0.6 is 11.6 Å². The summed E-state index contributed by atoms with van der Waals surface area (Å²) < 4.78 is 5.57. The van der Waals surface area contributed by atoms with Crippen LogP contribution in [0.2, 0.25) is 0 Å². The standard InChI is InChI=1S/C11H17ClO2/c12-10(6-2-1-4-8-13)11-7-3-5-9-14-11/h1,4,8,10-11H,2-3,5-7,9H2. The van der Waals surface area contributed by atoms with Crippen molar-refractivity contribution in [2.75, 3.05) is 6.61 Å². The first-order valence-electron chi connectivity index (χ1n) is 5.20. The largest absolute Gasteiger partial charge is 0.377 e. The zero-order valence-electron chi connectivity index (χ0n) is 8.32. The van der Waals surface area contributed by atoms with Crippen molar-refractivity contribution in [3.63, 3.8) is 0 Å². The van der Waals surface area contributed by atoms with Crippen molar-refractivity contribution >= 4 is 17.9 Å². The molecule has 0 saturated carbocycles. The monoisotopic (exact) mass is 216 g/mol. The van der Waals surface area contributed by atoms with E-state index in [1.807, 2.05) is 6.08 Å². The molecule has 0 aromatic rings. The second-order valence-corrected chi connectivity index (χ2v) is 4.12. The highest BCUT2D eigenvalue weighted by atomic mass is 35.5. The third-order valence-electron chi connectivity index (χ3n) is 2.44. The number of ether oxygens (including phenoxy) is 1. The molecule has 1 saturated heterocycles. The van der Waals surface area contributed by atoms with Gasteiger partial charge in [0, 0.05) is 6.61 Å². The Kier molecular flexibility index (Phi) is 5.88. The third-order valence-corrected chi connectivity index (χ3v) is 2.94. The van der Waals surface area contributed by atoms with E-state index in [1.54, 1.807) is 0 Å². The van der Waals surface area contributed by atoms with Crippen molar-refractivity contribution in [3.05, 3.63) is 12.2 Å². The van der Waals surface area contributed by atoms with Gasteiger partial charge in [-0.25, -0.2) is 0 Å². The maximum Gasteiger partial charge on any atom is 0.142 e. The Labute approximate surface area is 90.3 Å². The number of carbonyl (C=O) groups excluding carboxylic acids is 1. The van der Waals surface area contributed by atoms with Crippen molar-refractivity contribution in [3.8, 4) is 0 Å². The fraction of sp³-hybridized carbons (Fsp3) is 0.727. The SMILES string of the molecule is O=CC=CCCC(Cl)C1CCCCO1. The Morgan fingerprint density at radius 3 is 3.00 bits per heavy atom. The van der Waals surface area contributed by atoms with Crippen molar-refractivity contribution in [1.82, 2.24) is 0 Å². The summed E-state index contributed by atoms with van der Waals surface area (Å²) in [4.78, 5) is 10.0.